The molecule has 3 aliphatic carbocycles. The average molecular weight is 473 g/mol. The molecule has 1 saturated heterocycles. The zero-order chi connectivity index (χ0) is 23.7. The van der Waals surface area contributed by atoms with Crippen molar-refractivity contribution in [1.82, 2.24) is 20.4 Å². The second-order valence-electron chi connectivity index (χ2n) is 10.5. The van der Waals surface area contributed by atoms with E-state index in [9.17, 15) is 14.4 Å². The van der Waals surface area contributed by atoms with Gasteiger partial charge in [0, 0.05) is 31.3 Å². The quantitative estimate of drug-likeness (QED) is 0.465. The van der Waals surface area contributed by atoms with Crippen LogP contribution in [-0.4, -0.2) is 65.0 Å². The van der Waals surface area contributed by atoms with Crippen molar-refractivity contribution in [2.75, 3.05) is 26.3 Å². The monoisotopic (exact) mass is 472 g/mol. The average Bonchev–Trinajstić information content (AvgIpc) is 3.72. The van der Waals surface area contributed by atoms with Crippen molar-refractivity contribution in [3.63, 3.8) is 0 Å². The number of Topliss-reactive ketones (excluding diaryl/α,β-unsaturated/α-hetero) is 1. The largest absolute Gasteiger partial charge is 0.378 e. The van der Waals surface area contributed by atoms with Crippen LogP contribution in [0.3, 0.4) is 0 Å². The second-order valence-corrected chi connectivity index (χ2v) is 10.5. The minimum absolute atomic E-state index is 0.00949. The number of ketones is 1. The summed E-state index contributed by atoms with van der Waals surface area (Å²) in [7, 11) is 0. The molecule has 4 aliphatic rings. The number of carbonyl (C=O) groups excluding carboxylic acids is 3. The maximum atomic E-state index is 13.6. The summed E-state index contributed by atoms with van der Waals surface area (Å²) in [5, 5.41) is 6.91. The van der Waals surface area contributed by atoms with E-state index in [-0.39, 0.29) is 41.7 Å². The smallest absolute Gasteiger partial charge is 0.296 e. The molecule has 2 amide bonds. The van der Waals surface area contributed by atoms with Crippen molar-refractivity contribution in [2.24, 2.45) is 23.7 Å². The van der Waals surface area contributed by atoms with Gasteiger partial charge in [-0.1, -0.05) is 24.9 Å². The van der Waals surface area contributed by atoms with Crippen LogP contribution in [-0.2, 0) is 14.3 Å². The predicted octanol–water partition coefficient (Wildman–Crippen LogP) is 2.72. The Kier molecular flexibility index (Phi) is 6.99. The normalized spacial score (nSPS) is 23.3. The number of nitrogens with one attached hydrogen (secondary N) is 1. The third kappa shape index (κ3) is 5.67. The van der Waals surface area contributed by atoms with Gasteiger partial charge in [0.25, 0.3) is 5.89 Å². The first-order valence-electron chi connectivity index (χ1n) is 13.1. The van der Waals surface area contributed by atoms with Crippen molar-refractivity contribution in [3.8, 4) is 0 Å². The lowest BCUT2D eigenvalue weighted by atomic mass is 9.80. The first-order chi connectivity index (χ1) is 16.5. The minimum Gasteiger partial charge on any atom is -0.378 e. The Bertz CT molecular complexity index is 899. The molecule has 1 aromatic heterocycles. The molecule has 0 spiro atoms. The van der Waals surface area contributed by atoms with Gasteiger partial charge < -0.3 is 19.5 Å². The van der Waals surface area contributed by atoms with Gasteiger partial charge in [-0.25, -0.2) is 0 Å². The number of hydrogen-bond donors (Lipinski definition) is 1. The fraction of sp³-hybridized carbons (Fsp3) is 0.800. The SMILES string of the molecule is CC[C@@H](NC(=O)[C@@H](CC(=O)N1CCOCC1)C(CC1CC1)C1CC1)C(=O)c1nc(C2CC2)no1. The maximum absolute atomic E-state index is 13.6. The number of morpholine rings is 1. The molecule has 4 fully saturated rings. The molecule has 1 aliphatic heterocycles. The summed E-state index contributed by atoms with van der Waals surface area (Å²) in [5.41, 5.74) is 0. The van der Waals surface area contributed by atoms with Crippen LogP contribution in [0.2, 0.25) is 0 Å². The summed E-state index contributed by atoms with van der Waals surface area (Å²) in [6, 6.07) is -0.734. The Labute approximate surface area is 200 Å². The highest BCUT2D eigenvalue weighted by molar-refractivity contribution is 5.99. The van der Waals surface area contributed by atoms with Gasteiger partial charge in [0.15, 0.2) is 5.82 Å². The van der Waals surface area contributed by atoms with E-state index in [0.29, 0.717) is 50.4 Å². The van der Waals surface area contributed by atoms with Gasteiger partial charge in [-0.2, -0.15) is 4.98 Å². The zero-order valence-corrected chi connectivity index (χ0v) is 20.0. The fourth-order valence-electron chi connectivity index (χ4n) is 5.14. The molecule has 186 valence electrons. The van der Waals surface area contributed by atoms with Gasteiger partial charge in [-0.05, 0) is 56.3 Å². The number of rotatable bonds is 12. The highest BCUT2D eigenvalue weighted by Gasteiger charge is 2.44. The van der Waals surface area contributed by atoms with Crippen LogP contribution in [0.5, 0.6) is 0 Å². The van der Waals surface area contributed by atoms with Crippen LogP contribution >= 0.6 is 0 Å². The molecule has 0 radical (unpaired) electrons. The van der Waals surface area contributed by atoms with E-state index in [2.05, 4.69) is 15.5 Å². The maximum Gasteiger partial charge on any atom is 0.296 e. The molecule has 1 unspecified atom stereocenters. The van der Waals surface area contributed by atoms with E-state index in [1.54, 1.807) is 0 Å². The van der Waals surface area contributed by atoms with Crippen molar-refractivity contribution in [2.45, 2.75) is 76.7 Å². The third-order valence-corrected chi connectivity index (χ3v) is 7.78. The van der Waals surface area contributed by atoms with Gasteiger partial charge in [0.2, 0.25) is 17.6 Å². The van der Waals surface area contributed by atoms with Crippen LogP contribution in [0.1, 0.15) is 87.1 Å². The van der Waals surface area contributed by atoms with Crippen LogP contribution in [0.25, 0.3) is 0 Å². The summed E-state index contributed by atoms with van der Waals surface area (Å²) < 4.78 is 10.6. The van der Waals surface area contributed by atoms with Crippen molar-refractivity contribution in [3.05, 3.63) is 11.7 Å². The Morgan fingerprint density at radius 1 is 1.09 bits per heavy atom. The van der Waals surface area contributed by atoms with Gasteiger partial charge in [-0.15, -0.1) is 0 Å². The van der Waals surface area contributed by atoms with E-state index in [1.165, 1.54) is 12.8 Å². The molecule has 34 heavy (non-hydrogen) atoms. The Morgan fingerprint density at radius 3 is 2.44 bits per heavy atom. The highest BCUT2D eigenvalue weighted by atomic mass is 16.5. The van der Waals surface area contributed by atoms with Crippen molar-refractivity contribution >= 4 is 17.6 Å². The molecule has 3 saturated carbocycles. The second kappa shape index (κ2) is 10.1. The van der Waals surface area contributed by atoms with Crippen LogP contribution in [0.4, 0.5) is 0 Å². The lowest BCUT2D eigenvalue weighted by Gasteiger charge is -2.32. The predicted molar refractivity (Wildman–Crippen MR) is 122 cm³/mol. The minimum atomic E-state index is -0.734. The number of nitrogens with zero attached hydrogens (tertiary/aromatic N) is 3. The summed E-state index contributed by atoms with van der Waals surface area (Å²) in [6.07, 6.45) is 8.32. The first kappa shape index (κ1) is 23.5. The number of carbonyl (C=O) groups is 3. The molecule has 0 aromatic carbocycles. The molecular weight excluding hydrogens is 436 g/mol. The van der Waals surface area contributed by atoms with E-state index in [0.717, 1.165) is 32.1 Å². The third-order valence-electron chi connectivity index (χ3n) is 7.78. The lowest BCUT2D eigenvalue weighted by molar-refractivity contribution is -0.141. The van der Waals surface area contributed by atoms with Gasteiger partial charge in [0.1, 0.15) is 0 Å². The van der Waals surface area contributed by atoms with Crippen molar-refractivity contribution in [1.29, 1.82) is 0 Å². The summed E-state index contributed by atoms with van der Waals surface area (Å²) in [6.45, 7) is 4.07. The van der Waals surface area contributed by atoms with E-state index < -0.39 is 12.0 Å². The van der Waals surface area contributed by atoms with E-state index >= 15 is 0 Å². The molecule has 1 aromatic rings. The first-order valence-corrected chi connectivity index (χ1v) is 13.1. The van der Waals surface area contributed by atoms with Crippen LogP contribution in [0.15, 0.2) is 4.52 Å². The molecule has 0 bridgehead atoms. The van der Waals surface area contributed by atoms with E-state index in [1.807, 2.05) is 11.8 Å². The van der Waals surface area contributed by atoms with Crippen LogP contribution < -0.4 is 5.32 Å². The number of aromatic nitrogens is 2. The number of amides is 2. The summed E-state index contributed by atoms with van der Waals surface area (Å²) in [5.74, 6) is 1.24. The zero-order valence-electron chi connectivity index (χ0n) is 20.0. The van der Waals surface area contributed by atoms with E-state index in [4.69, 9.17) is 9.26 Å². The number of hydrogen-bond acceptors (Lipinski definition) is 7. The van der Waals surface area contributed by atoms with Crippen LogP contribution in [0, 0.1) is 23.7 Å². The van der Waals surface area contributed by atoms with Gasteiger partial charge in [0.05, 0.1) is 19.3 Å². The Morgan fingerprint density at radius 2 is 1.82 bits per heavy atom. The molecular formula is C25H36N4O5. The molecule has 3 atom stereocenters. The number of ether oxygens (including phenoxy) is 1. The standard InChI is InChI=1S/C25H36N4O5/c1-2-20(22(31)25-27-23(28-34-25)17-7-8-17)26-24(32)19(14-21(30)29-9-11-33-12-10-29)18(16-5-6-16)13-15-3-4-15/h15-20H,2-14H2,1H3,(H,26,32)/t18?,19-,20+/m0/s1. The Balaban J connectivity index is 1.29. The summed E-state index contributed by atoms with van der Waals surface area (Å²) >= 11 is 0. The highest BCUT2D eigenvalue weighted by Crippen LogP contribution is 2.49. The molecule has 2 heterocycles. The topological polar surface area (TPSA) is 115 Å². The summed E-state index contributed by atoms with van der Waals surface area (Å²) in [4.78, 5) is 45.9. The molecule has 9 nitrogen and oxygen atoms in total. The van der Waals surface area contributed by atoms with Gasteiger partial charge >= 0.3 is 0 Å². The Hall–Kier alpha value is -2.29. The molecule has 9 heteroatoms. The van der Waals surface area contributed by atoms with Gasteiger partial charge in [-0.3, -0.25) is 14.4 Å². The van der Waals surface area contributed by atoms with Crippen molar-refractivity contribution < 1.29 is 23.6 Å². The molecule has 5 rings (SSSR count). The fourth-order valence-corrected chi connectivity index (χ4v) is 5.14. The molecule has 1 N–H and O–H groups in total. The lowest BCUT2D eigenvalue weighted by Crippen LogP contribution is -2.48.